The summed E-state index contributed by atoms with van der Waals surface area (Å²) < 4.78 is 16.1. The second-order valence-corrected chi connectivity index (χ2v) is 6.31. The first-order valence-corrected chi connectivity index (χ1v) is 7.24. The Morgan fingerprint density at radius 2 is 2.10 bits per heavy atom. The second kappa shape index (κ2) is 7.50. The standard InChI is InChI=1S/C16H27NO4/c1-12(9-11-19-6)14(13-8-7-10-20-13)17(5)15(18)21-16(2,3)4/h7-8,10,12,14H,9,11H2,1-6H3/t12-,14+/m1/s1. The minimum Gasteiger partial charge on any atom is -0.467 e. The molecule has 120 valence electrons. The van der Waals surface area contributed by atoms with Gasteiger partial charge >= 0.3 is 6.09 Å². The third-order valence-corrected chi connectivity index (χ3v) is 3.25. The van der Waals surface area contributed by atoms with Crippen molar-refractivity contribution >= 4 is 6.09 Å². The number of carbonyl (C=O) groups is 1. The number of amides is 1. The van der Waals surface area contributed by atoms with Crippen molar-refractivity contribution in [2.24, 2.45) is 5.92 Å². The molecule has 0 N–H and O–H groups in total. The van der Waals surface area contributed by atoms with Crippen LogP contribution >= 0.6 is 0 Å². The molecule has 1 aromatic rings. The Hall–Kier alpha value is -1.49. The van der Waals surface area contributed by atoms with E-state index >= 15 is 0 Å². The van der Waals surface area contributed by atoms with E-state index in [1.54, 1.807) is 25.3 Å². The topological polar surface area (TPSA) is 51.9 Å². The summed E-state index contributed by atoms with van der Waals surface area (Å²) in [6.07, 6.45) is 2.09. The van der Waals surface area contributed by atoms with Crippen molar-refractivity contribution in [2.45, 2.75) is 45.8 Å². The van der Waals surface area contributed by atoms with E-state index in [1.165, 1.54) is 0 Å². The van der Waals surface area contributed by atoms with Gasteiger partial charge in [0.1, 0.15) is 11.4 Å². The number of methoxy groups -OCH3 is 1. The van der Waals surface area contributed by atoms with Crippen molar-refractivity contribution < 1.29 is 18.7 Å². The first kappa shape index (κ1) is 17.6. The highest BCUT2D eigenvalue weighted by Crippen LogP contribution is 2.31. The third kappa shape index (κ3) is 5.42. The minimum atomic E-state index is -0.519. The molecule has 0 aromatic carbocycles. The van der Waals surface area contributed by atoms with Crippen LogP contribution in [0.4, 0.5) is 4.79 Å². The molecule has 0 unspecified atom stereocenters. The lowest BCUT2D eigenvalue weighted by molar-refractivity contribution is 0.0122. The van der Waals surface area contributed by atoms with Crippen LogP contribution < -0.4 is 0 Å². The Morgan fingerprint density at radius 3 is 2.57 bits per heavy atom. The Bertz CT molecular complexity index is 422. The number of nitrogens with zero attached hydrogens (tertiary/aromatic N) is 1. The van der Waals surface area contributed by atoms with Gasteiger partial charge < -0.3 is 18.8 Å². The zero-order chi connectivity index (χ0) is 16.0. The van der Waals surface area contributed by atoms with Gasteiger partial charge in [-0.05, 0) is 45.2 Å². The maximum atomic E-state index is 12.3. The molecule has 1 rings (SSSR count). The van der Waals surface area contributed by atoms with Gasteiger partial charge in [-0.15, -0.1) is 0 Å². The first-order chi connectivity index (χ1) is 9.76. The summed E-state index contributed by atoms with van der Waals surface area (Å²) in [6.45, 7) is 8.28. The molecule has 0 aliphatic rings. The van der Waals surface area contributed by atoms with Crippen LogP contribution in [0.1, 0.15) is 45.9 Å². The average Bonchev–Trinajstić information content (AvgIpc) is 2.88. The Labute approximate surface area is 127 Å². The van der Waals surface area contributed by atoms with Gasteiger partial charge in [0.05, 0.1) is 12.3 Å². The van der Waals surface area contributed by atoms with Crippen molar-refractivity contribution in [1.29, 1.82) is 0 Å². The monoisotopic (exact) mass is 297 g/mol. The van der Waals surface area contributed by atoms with Crippen LogP contribution in [0.2, 0.25) is 0 Å². The highest BCUT2D eigenvalue weighted by molar-refractivity contribution is 5.68. The lowest BCUT2D eigenvalue weighted by atomic mass is 9.95. The fourth-order valence-electron chi connectivity index (χ4n) is 2.22. The van der Waals surface area contributed by atoms with Gasteiger partial charge in [0.15, 0.2) is 0 Å². The molecule has 5 heteroatoms. The van der Waals surface area contributed by atoms with Crippen LogP contribution in [0, 0.1) is 5.92 Å². The van der Waals surface area contributed by atoms with Gasteiger partial charge in [0.25, 0.3) is 0 Å². The molecule has 2 atom stereocenters. The maximum Gasteiger partial charge on any atom is 0.410 e. The molecule has 0 spiro atoms. The van der Waals surface area contributed by atoms with Crippen molar-refractivity contribution in [3.8, 4) is 0 Å². The normalized spacial score (nSPS) is 14.6. The predicted octanol–water partition coefficient (Wildman–Crippen LogP) is 3.86. The van der Waals surface area contributed by atoms with E-state index in [9.17, 15) is 4.79 Å². The minimum absolute atomic E-state index is 0.176. The van der Waals surface area contributed by atoms with Crippen molar-refractivity contribution in [3.63, 3.8) is 0 Å². The molecule has 0 saturated carbocycles. The highest BCUT2D eigenvalue weighted by Gasteiger charge is 2.31. The van der Waals surface area contributed by atoms with Crippen LogP contribution in [-0.2, 0) is 9.47 Å². The van der Waals surface area contributed by atoms with Crippen molar-refractivity contribution in [1.82, 2.24) is 4.90 Å². The fraction of sp³-hybridized carbons (Fsp3) is 0.688. The van der Waals surface area contributed by atoms with Gasteiger partial charge in [0, 0.05) is 20.8 Å². The van der Waals surface area contributed by atoms with Gasteiger partial charge in [-0.2, -0.15) is 0 Å². The van der Waals surface area contributed by atoms with E-state index in [0.717, 1.165) is 12.2 Å². The Kier molecular flexibility index (Phi) is 6.27. The second-order valence-electron chi connectivity index (χ2n) is 6.31. The number of furan rings is 1. The number of hydrogen-bond acceptors (Lipinski definition) is 4. The van der Waals surface area contributed by atoms with E-state index in [-0.39, 0.29) is 18.1 Å². The number of rotatable bonds is 6. The summed E-state index contributed by atoms with van der Waals surface area (Å²) in [5, 5.41) is 0. The molecule has 0 aliphatic heterocycles. The quantitative estimate of drug-likeness (QED) is 0.800. The molecular formula is C16H27NO4. The summed E-state index contributed by atoms with van der Waals surface area (Å²) in [7, 11) is 3.41. The molecule has 0 aliphatic carbocycles. The summed E-state index contributed by atoms with van der Waals surface area (Å²) in [5.41, 5.74) is -0.519. The molecule has 1 heterocycles. The summed E-state index contributed by atoms with van der Waals surface area (Å²) >= 11 is 0. The molecule has 5 nitrogen and oxygen atoms in total. The van der Waals surface area contributed by atoms with E-state index in [1.807, 2.05) is 32.9 Å². The molecule has 0 saturated heterocycles. The van der Waals surface area contributed by atoms with Gasteiger partial charge in [-0.1, -0.05) is 6.92 Å². The summed E-state index contributed by atoms with van der Waals surface area (Å²) in [4.78, 5) is 13.9. The molecule has 0 radical (unpaired) electrons. The lowest BCUT2D eigenvalue weighted by Crippen LogP contribution is -2.39. The first-order valence-electron chi connectivity index (χ1n) is 7.24. The van der Waals surface area contributed by atoms with Crippen molar-refractivity contribution in [3.05, 3.63) is 24.2 Å². The number of carbonyl (C=O) groups excluding carboxylic acids is 1. The van der Waals surface area contributed by atoms with E-state index < -0.39 is 5.60 Å². The predicted molar refractivity (Wildman–Crippen MR) is 81.1 cm³/mol. The lowest BCUT2D eigenvalue weighted by Gasteiger charge is -2.33. The Balaban J connectivity index is 2.88. The molecule has 21 heavy (non-hydrogen) atoms. The number of hydrogen-bond donors (Lipinski definition) is 0. The third-order valence-electron chi connectivity index (χ3n) is 3.25. The molecular weight excluding hydrogens is 270 g/mol. The Morgan fingerprint density at radius 1 is 1.43 bits per heavy atom. The fourth-order valence-corrected chi connectivity index (χ4v) is 2.22. The van der Waals surface area contributed by atoms with Gasteiger partial charge in [0.2, 0.25) is 0 Å². The highest BCUT2D eigenvalue weighted by atomic mass is 16.6. The molecule has 1 amide bonds. The van der Waals surface area contributed by atoms with E-state index in [2.05, 4.69) is 6.92 Å². The van der Waals surface area contributed by atoms with Crippen LogP contribution in [0.15, 0.2) is 22.8 Å². The average molecular weight is 297 g/mol. The summed E-state index contributed by atoms with van der Waals surface area (Å²) in [6, 6.07) is 3.54. The van der Waals surface area contributed by atoms with Crippen LogP contribution in [-0.4, -0.2) is 37.4 Å². The van der Waals surface area contributed by atoms with Gasteiger partial charge in [-0.25, -0.2) is 4.79 Å². The van der Waals surface area contributed by atoms with E-state index in [0.29, 0.717) is 6.61 Å². The van der Waals surface area contributed by atoms with Crippen LogP contribution in [0.25, 0.3) is 0 Å². The zero-order valence-electron chi connectivity index (χ0n) is 13.9. The number of ether oxygens (including phenoxy) is 2. The van der Waals surface area contributed by atoms with Crippen LogP contribution in [0.3, 0.4) is 0 Å². The van der Waals surface area contributed by atoms with E-state index in [4.69, 9.17) is 13.9 Å². The van der Waals surface area contributed by atoms with Crippen LogP contribution in [0.5, 0.6) is 0 Å². The smallest absolute Gasteiger partial charge is 0.410 e. The zero-order valence-corrected chi connectivity index (χ0v) is 13.9. The van der Waals surface area contributed by atoms with Crippen molar-refractivity contribution in [2.75, 3.05) is 20.8 Å². The molecule has 1 aromatic heterocycles. The maximum absolute atomic E-state index is 12.3. The molecule has 0 fully saturated rings. The molecule has 0 bridgehead atoms. The van der Waals surface area contributed by atoms with Gasteiger partial charge in [-0.3, -0.25) is 0 Å². The summed E-state index contributed by atoms with van der Waals surface area (Å²) in [5.74, 6) is 0.945. The SMILES string of the molecule is COCC[C@@H](C)[C@@H](c1ccco1)N(C)C(=O)OC(C)(C)C. The largest absolute Gasteiger partial charge is 0.467 e.